The van der Waals surface area contributed by atoms with E-state index < -0.39 is 5.41 Å². The number of anilines is 1. The summed E-state index contributed by atoms with van der Waals surface area (Å²) in [5.74, 6) is 0. The number of carbonyl (C=O) groups is 1. The van der Waals surface area contributed by atoms with E-state index in [1.807, 2.05) is 30.3 Å². The Bertz CT molecular complexity index is 1220. The summed E-state index contributed by atoms with van der Waals surface area (Å²) in [6, 6.07) is 39.8. The smallest absolute Gasteiger partial charge is 0.149 e. The Morgan fingerprint density at radius 1 is 0.697 bits per heavy atom. The second-order valence-electron chi connectivity index (χ2n) is 8.62. The molecule has 0 spiro atoms. The molecule has 2 nitrogen and oxygen atoms in total. The molecule has 5 rings (SSSR count). The fraction of sp³-hybridized carbons (Fsp3) is 0.129. The summed E-state index contributed by atoms with van der Waals surface area (Å²) < 4.78 is 0. The third-order valence-corrected chi connectivity index (χ3v) is 6.74. The van der Waals surface area contributed by atoms with Gasteiger partial charge in [0, 0.05) is 17.8 Å². The van der Waals surface area contributed by atoms with Gasteiger partial charge in [0.25, 0.3) is 0 Å². The predicted molar refractivity (Wildman–Crippen MR) is 136 cm³/mol. The fourth-order valence-electron chi connectivity index (χ4n) is 5.13. The minimum Gasteiger partial charge on any atom is -0.341 e. The van der Waals surface area contributed by atoms with Gasteiger partial charge in [-0.2, -0.15) is 0 Å². The first-order chi connectivity index (χ1) is 16.2. The molecule has 0 radical (unpaired) electrons. The summed E-state index contributed by atoms with van der Waals surface area (Å²) in [6.07, 6.45) is 1.89. The maximum atomic E-state index is 13.1. The monoisotopic (exact) mass is 429 g/mol. The van der Waals surface area contributed by atoms with Gasteiger partial charge in [0.15, 0.2) is 0 Å². The average Bonchev–Trinajstić information content (AvgIpc) is 2.90. The van der Waals surface area contributed by atoms with E-state index in [2.05, 4.69) is 96.8 Å². The van der Waals surface area contributed by atoms with Gasteiger partial charge in [0.1, 0.15) is 6.29 Å². The van der Waals surface area contributed by atoms with Crippen LogP contribution in [-0.2, 0) is 10.2 Å². The molecular formula is C31H27NO. The van der Waals surface area contributed by atoms with E-state index in [1.54, 1.807) is 0 Å². The molecule has 0 N–H and O–H groups in total. The zero-order valence-corrected chi connectivity index (χ0v) is 18.8. The lowest BCUT2D eigenvalue weighted by Crippen LogP contribution is -2.43. The van der Waals surface area contributed by atoms with Crippen LogP contribution in [0.3, 0.4) is 0 Å². The van der Waals surface area contributed by atoms with Crippen molar-refractivity contribution in [2.45, 2.75) is 18.8 Å². The molecule has 1 heterocycles. The number of benzene rings is 4. The van der Waals surface area contributed by atoms with Crippen molar-refractivity contribution in [3.8, 4) is 0 Å². The molecular weight excluding hydrogens is 402 g/mol. The van der Waals surface area contributed by atoms with Crippen molar-refractivity contribution in [3.05, 3.63) is 143 Å². The fourth-order valence-corrected chi connectivity index (χ4v) is 5.13. The average molecular weight is 430 g/mol. The Balaban J connectivity index is 1.84. The molecule has 0 atom stereocenters. The van der Waals surface area contributed by atoms with Crippen LogP contribution in [0.25, 0.3) is 5.70 Å². The molecule has 2 heteroatoms. The van der Waals surface area contributed by atoms with Gasteiger partial charge in [-0.25, -0.2) is 0 Å². The van der Waals surface area contributed by atoms with Gasteiger partial charge >= 0.3 is 0 Å². The molecule has 4 aromatic rings. The maximum absolute atomic E-state index is 13.1. The topological polar surface area (TPSA) is 20.3 Å². The Labute approximate surface area is 195 Å². The van der Waals surface area contributed by atoms with Gasteiger partial charge in [-0.15, -0.1) is 0 Å². The van der Waals surface area contributed by atoms with Crippen molar-refractivity contribution in [3.63, 3.8) is 0 Å². The molecule has 0 saturated carbocycles. The van der Waals surface area contributed by atoms with Crippen molar-refractivity contribution in [2.75, 3.05) is 11.4 Å². The highest BCUT2D eigenvalue weighted by Gasteiger charge is 2.44. The molecule has 162 valence electrons. The van der Waals surface area contributed by atoms with Crippen LogP contribution in [0.4, 0.5) is 5.69 Å². The molecule has 0 bridgehead atoms. The molecule has 1 aliphatic heterocycles. The van der Waals surface area contributed by atoms with Gasteiger partial charge in [-0.05, 0) is 42.2 Å². The zero-order valence-electron chi connectivity index (χ0n) is 18.8. The number of aryl methyl sites for hydroxylation is 1. The molecule has 0 fully saturated rings. The molecule has 4 aromatic carbocycles. The molecule has 0 saturated heterocycles. The SMILES string of the molecule is Cc1ccc(N2CCC(c3ccccc3)(c3ccccc3)C(C=O)=C2c2ccccc2)cc1. The molecule has 33 heavy (non-hydrogen) atoms. The van der Waals surface area contributed by atoms with Gasteiger partial charge in [-0.3, -0.25) is 4.79 Å². The Morgan fingerprint density at radius 2 is 1.21 bits per heavy atom. The third-order valence-electron chi connectivity index (χ3n) is 6.74. The maximum Gasteiger partial charge on any atom is 0.149 e. The number of hydrogen-bond acceptors (Lipinski definition) is 2. The third kappa shape index (κ3) is 3.68. The predicted octanol–water partition coefficient (Wildman–Crippen LogP) is 6.80. The lowest BCUT2D eigenvalue weighted by molar-refractivity contribution is -0.105. The van der Waals surface area contributed by atoms with Gasteiger partial charge in [-0.1, -0.05) is 109 Å². The van der Waals surface area contributed by atoms with Crippen molar-refractivity contribution in [1.29, 1.82) is 0 Å². The first-order valence-electron chi connectivity index (χ1n) is 11.4. The van der Waals surface area contributed by atoms with Crippen LogP contribution >= 0.6 is 0 Å². The number of hydrogen-bond donors (Lipinski definition) is 0. The number of carbonyl (C=O) groups excluding carboxylic acids is 1. The Kier molecular flexibility index (Phi) is 5.66. The molecule has 0 aliphatic carbocycles. The van der Waals surface area contributed by atoms with E-state index in [0.717, 1.165) is 52.9 Å². The Hall–Kier alpha value is -3.91. The molecule has 0 aromatic heterocycles. The van der Waals surface area contributed by atoms with E-state index >= 15 is 0 Å². The molecule has 0 unspecified atom stereocenters. The largest absolute Gasteiger partial charge is 0.341 e. The van der Waals surface area contributed by atoms with Crippen LogP contribution in [0.2, 0.25) is 0 Å². The number of allylic oxidation sites excluding steroid dienone is 1. The van der Waals surface area contributed by atoms with E-state index in [9.17, 15) is 4.79 Å². The summed E-state index contributed by atoms with van der Waals surface area (Å²) in [5, 5.41) is 0. The minimum atomic E-state index is -0.517. The van der Waals surface area contributed by atoms with Crippen LogP contribution < -0.4 is 4.90 Å². The highest BCUT2D eigenvalue weighted by atomic mass is 16.1. The second kappa shape index (κ2) is 8.91. The Morgan fingerprint density at radius 3 is 1.73 bits per heavy atom. The molecule has 1 aliphatic rings. The summed E-state index contributed by atoms with van der Waals surface area (Å²) in [5.41, 5.74) is 6.94. The van der Waals surface area contributed by atoms with E-state index in [-0.39, 0.29) is 0 Å². The number of rotatable bonds is 5. The van der Waals surface area contributed by atoms with Crippen LogP contribution in [0, 0.1) is 6.92 Å². The van der Waals surface area contributed by atoms with Crippen LogP contribution in [0.5, 0.6) is 0 Å². The van der Waals surface area contributed by atoms with E-state index in [4.69, 9.17) is 0 Å². The van der Waals surface area contributed by atoms with E-state index in [0.29, 0.717) is 0 Å². The van der Waals surface area contributed by atoms with Gasteiger partial charge < -0.3 is 4.90 Å². The lowest BCUT2D eigenvalue weighted by atomic mass is 9.64. The van der Waals surface area contributed by atoms with Crippen molar-refractivity contribution < 1.29 is 4.79 Å². The summed E-state index contributed by atoms with van der Waals surface area (Å²) in [6.45, 7) is 2.90. The highest BCUT2D eigenvalue weighted by Crippen LogP contribution is 2.49. The van der Waals surface area contributed by atoms with Crippen molar-refractivity contribution in [2.24, 2.45) is 0 Å². The normalized spacial score (nSPS) is 15.4. The number of nitrogens with zero attached hydrogens (tertiary/aromatic N) is 1. The highest BCUT2D eigenvalue weighted by molar-refractivity contribution is 5.98. The van der Waals surface area contributed by atoms with Gasteiger partial charge in [0.05, 0.1) is 11.1 Å². The molecule has 0 amide bonds. The van der Waals surface area contributed by atoms with Gasteiger partial charge in [0.2, 0.25) is 0 Å². The summed E-state index contributed by atoms with van der Waals surface area (Å²) in [7, 11) is 0. The summed E-state index contributed by atoms with van der Waals surface area (Å²) >= 11 is 0. The first-order valence-corrected chi connectivity index (χ1v) is 11.4. The minimum absolute atomic E-state index is 0.517. The summed E-state index contributed by atoms with van der Waals surface area (Å²) in [4.78, 5) is 15.4. The van der Waals surface area contributed by atoms with E-state index in [1.165, 1.54) is 5.56 Å². The number of aldehydes is 1. The van der Waals surface area contributed by atoms with Crippen molar-refractivity contribution in [1.82, 2.24) is 0 Å². The quantitative estimate of drug-likeness (QED) is 0.325. The lowest BCUT2D eigenvalue weighted by Gasteiger charge is -2.45. The standard InChI is InChI=1S/C31H27NO/c1-24-17-19-28(20-18-24)32-22-21-31(26-13-7-3-8-14-26,27-15-9-4-10-16-27)29(23-33)30(32)25-11-5-2-6-12-25/h2-20,23H,21-22H2,1H3. The van der Waals surface area contributed by atoms with Crippen molar-refractivity contribution >= 4 is 17.7 Å². The van der Waals surface area contributed by atoms with Crippen LogP contribution in [0.1, 0.15) is 28.7 Å². The first kappa shape index (κ1) is 21.0. The van der Waals surface area contributed by atoms with Crippen LogP contribution in [-0.4, -0.2) is 12.8 Å². The second-order valence-corrected chi connectivity index (χ2v) is 8.62. The zero-order chi connectivity index (χ0) is 22.7. The van der Waals surface area contributed by atoms with Crippen LogP contribution in [0.15, 0.2) is 121 Å².